The number of hydrogen-bond donors (Lipinski definition) is 2. The van der Waals surface area contributed by atoms with Crippen molar-refractivity contribution in [1.82, 2.24) is 10.2 Å². The van der Waals surface area contributed by atoms with Crippen molar-refractivity contribution in [1.29, 1.82) is 0 Å². The molecule has 0 aliphatic rings. The molecule has 1 atom stereocenters. The van der Waals surface area contributed by atoms with Crippen molar-refractivity contribution in [3.8, 4) is 0 Å². The molecule has 0 saturated heterocycles. The zero-order chi connectivity index (χ0) is 16.8. The van der Waals surface area contributed by atoms with Gasteiger partial charge in [-0.05, 0) is 25.1 Å². The molecule has 1 aromatic carbocycles. The van der Waals surface area contributed by atoms with Crippen LogP contribution in [-0.2, 0) is 9.59 Å². The SMILES string of the molecule is CC(Sc1nnc(SCC(N)=O)s1)C(=O)Nc1cccc(F)c1. The topological polar surface area (TPSA) is 98.0 Å². The highest BCUT2D eigenvalue weighted by Crippen LogP contribution is 2.31. The lowest BCUT2D eigenvalue weighted by atomic mass is 10.3. The van der Waals surface area contributed by atoms with E-state index in [4.69, 9.17) is 5.73 Å². The summed E-state index contributed by atoms with van der Waals surface area (Å²) in [6.07, 6.45) is 0. The molecule has 6 nitrogen and oxygen atoms in total. The molecule has 2 amide bonds. The van der Waals surface area contributed by atoms with Gasteiger partial charge in [-0.1, -0.05) is 40.9 Å². The minimum Gasteiger partial charge on any atom is -0.369 e. The predicted octanol–water partition coefficient (Wildman–Crippen LogP) is 2.37. The first-order valence-corrected chi connectivity index (χ1v) is 9.10. The molecule has 0 radical (unpaired) electrons. The molecule has 3 N–H and O–H groups in total. The fourth-order valence-electron chi connectivity index (χ4n) is 1.45. The normalized spacial score (nSPS) is 11.9. The number of aromatic nitrogens is 2. The van der Waals surface area contributed by atoms with Crippen molar-refractivity contribution < 1.29 is 14.0 Å². The lowest BCUT2D eigenvalue weighted by molar-refractivity contribution is -0.116. The number of hydrogen-bond acceptors (Lipinski definition) is 7. The largest absolute Gasteiger partial charge is 0.369 e. The number of rotatable bonds is 7. The molecule has 1 unspecified atom stereocenters. The van der Waals surface area contributed by atoms with E-state index in [1.165, 1.54) is 53.1 Å². The van der Waals surface area contributed by atoms with Gasteiger partial charge in [0, 0.05) is 5.69 Å². The van der Waals surface area contributed by atoms with Crippen molar-refractivity contribution in [2.24, 2.45) is 5.73 Å². The Balaban J connectivity index is 1.89. The zero-order valence-electron chi connectivity index (χ0n) is 12.0. The molecule has 23 heavy (non-hydrogen) atoms. The van der Waals surface area contributed by atoms with Gasteiger partial charge in [0.25, 0.3) is 0 Å². The van der Waals surface area contributed by atoms with Crippen molar-refractivity contribution in [2.75, 3.05) is 11.1 Å². The fraction of sp³-hybridized carbons (Fsp3) is 0.231. The number of nitrogens with one attached hydrogen (secondary N) is 1. The van der Waals surface area contributed by atoms with E-state index < -0.39 is 17.0 Å². The third-order valence-corrected chi connectivity index (χ3v) is 5.73. The summed E-state index contributed by atoms with van der Waals surface area (Å²) >= 11 is 3.73. The molecule has 0 aliphatic heterocycles. The molecule has 2 rings (SSSR count). The molecule has 2 aromatic rings. The number of benzene rings is 1. The summed E-state index contributed by atoms with van der Waals surface area (Å²) in [5.74, 6) is -0.970. The Bertz CT molecular complexity index is 710. The number of nitrogens with zero attached hydrogens (tertiary/aromatic N) is 2. The van der Waals surface area contributed by atoms with Gasteiger partial charge in [-0.3, -0.25) is 9.59 Å². The van der Waals surface area contributed by atoms with Gasteiger partial charge in [-0.15, -0.1) is 10.2 Å². The Labute approximate surface area is 144 Å². The summed E-state index contributed by atoms with van der Waals surface area (Å²) in [6, 6.07) is 5.69. The van der Waals surface area contributed by atoms with Crippen LogP contribution in [-0.4, -0.2) is 33.0 Å². The summed E-state index contributed by atoms with van der Waals surface area (Å²) in [5, 5.41) is 10.1. The Kier molecular flexibility index (Phi) is 6.37. The van der Waals surface area contributed by atoms with Gasteiger partial charge >= 0.3 is 0 Å². The highest BCUT2D eigenvalue weighted by atomic mass is 32.2. The standard InChI is InChI=1S/C13H13FN4O2S3/c1-7(11(20)16-9-4-2-3-8(14)5-9)22-13-18-17-12(23-13)21-6-10(15)19/h2-5,7H,6H2,1H3,(H2,15,19)(H,16,20). The van der Waals surface area contributed by atoms with Gasteiger partial charge in [0.15, 0.2) is 8.68 Å². The summed E-state index contributed by atoms with van der Waals surface area (Å²) in [4.78, 5) is 22.8. The van der Waals surface area contributed by atoms with E-state index in [0.29, 0.717) is 14.4 Å². The second kappa shape index (κ2) is 8.27. The summed E-state index contributed by atoms with van der Waals surface area (Å²) in [7, 11) is 0. The van der Waals surface area contributed by atoms with E-state index in [9.17, 15) is 14.0 Å². The van der Waals surface area contributed by atoms with E-state index in [-0.39, 0.29) is 11.7 Å². The number of primary amides is 1. The van der Waals surface area contributed by atoms with Crippen LogP contribution in [0.4, 0.5) is 10.1 Å². The molecule has 122 valence electrons. The number of carbonyl (C=O) groups is 2. The average Bonchev–Trinajstić information content (AvgIpc) is 2.92. The maximum absolute atomic E-state index is 13.1. The Morgan fingerprint density at radius 2 is 2.13 bits per heavy atom. The van der Waals surface area contributed by atoms with Crippen molar-refractivity contribution >= 4 is 52.4 Å². The second-order valence-electron chi connectivity index (χ2n) is 4.35. The van der Waals surface area contributed by atoms with Crippen LogP contribution in [0.15, 0.2) is 32.9 Å². The van der Waals surface area contributed by atoms with E-state index >= 15 is 0 Å². The van der Waals surface area contributed by atoms with Gasteiger partial charge in [0.05, 0.1) is 11.0 Å². The molecule has 0 aliphatic carbocycles. The zero-order valence-corrected chi connectivity index (χ0v) is 14.4. The van der Waals surface area contributed by atoms with Crippen LogP contribution in [0.5, 0.6) is 0 Å². The Hall–Kier alpha value is -1.65. The van der Waals surface area contributed by atoms with Crippen molar-refractivity contribution in [3.63, 3.8) is 0 Å². The quantitative estimate of drug-likeness (QED) is 0.724. The first kappa shape index (κ1) is 17.7. The maximum atomic E-state index is 13.1. The van der Waals surface area contributed by atoms with Gasteiger partial charge < -0.3 is 11.1 Å². The molecular weight excluding hydrogens is 359 g/mol. The smallest absolute Gasteiger partial charge is 0.237 e. The molecule has 0 saturated carbocycles. The molecule has 0 fully saturated rings. The number of halogens is 1. The van der Waals surface area contributed by atoms with E-state index in [1.54, 1.807) is 13.0 Å². The van der Waals surface area contributed by atoms with Crippen LogP contribution in [0, 0.1) is 5.82 Å². The molecule has 0 spiro atoms. The molecule has 10 heteroatoms. The Morgan fingerprint density at radius 1 is 1.39 bits per heavy atom. The van der Waals surface area contributed by atoms with Crippen molar-refractivity contribution in [2.45, 2.75) is 20.9 Å². The van der Waals surface area contributed by atoms with E-state index in [2.05, 4.69) is 15.5 Å². The maximum Gasteiger partial charge on any atom is 0.237 e. The van der Waals surface area contributed by atoms with Gasteiger partial charge in [-0.2, -0.15) is 0 Å². The van der Waals surface area contributed by atoms with E-state index in [0.717, 1.165) is 0 Å². The first-order chi connectivity index (χ1) is 10.9. The minimum atomic E-state index is -0.430. The predicted molar refractivity (Wildman–Crippen MR) is 90.2 cm³/mol. The minimum absolute atomic E-state index is 0.134. The van der Waals surface area contributed by atoms with Gasteiger partial charge in [0.2, 0.25) is 11.8 Å². The summed E-state index contributed by atoms with van der Waals surface area (Å²) in [5.41, 5.74) is 5.46. The number of amides is 2. The lowest BCUT2D eigenvalue weighted by Crippen LogP contribution is -2.22. The highest BCUT2D eigenvalue weighted by Gasteiger charge is 2.17. The van der Waals surface area contributed by atoms with Crippen LogP contribution in [0.25, 0.3) is 0 Å². The Morgan fingerprint density at radius 3 is 2.83 bits per heavy atom. The number of carbonyl (C=O) groups excluding carboxylic acids is 2. The highest BCUT2D eigenvalue weighted by molar-refractivity contribution is 8.04. The number of nitrogens with two attached hydrogens (primary N) is 1. The average molecular weight is 372 g/mol. The summed E-state index contributed by atoms with van der Waals surface area (Å²) in [6.45, 7) is 1.72. The molecule has 0 bridgehead atoms. The first-order valence-electron chi connectivity index (χ1n) is 6.41. The van der Waals surface area contributed by atoms with Gasteiger partial charge in [0.1, 0.15) is 5.82 Å². The molecule has 1 heterocycles. The van der Waals surface area contributed by atoms with Crippen LogP contribution in [0.2, 0.25) is 0 Å². The monoisotopic (exact) mass is 372 g/mol. The van der Waals surface area contributed by atoms with E-state index in [1.807, 2.05) is 0 Å². The third kappa shape index (κ3) is 5.81. The molecule has 1 aromatic heterocycles. The van der Waals surface area contributed by atoms with Crippen LogP contribution in [0.3, 0.4) is 0 Å². The van der Waals surface area contributed by atoms with Crippen LogP contribution in [0.1, 0.15) is 6.92 Å². The molecular formula is C13H13FN4O2S3. The second-order valence-corrected chi connectivity index (χ2v) is 8.14. The number of thioether (sulfide) groups is 2. The van der Waals surface area contributed by atoms with Crippen LogP contribution >= 0.6 is 34.9 Å². The fourth-order valence-corrected chi connectivity index (χ4v) is 4.35. The van der Waals surface area contributed by atoms with Crippen LogP contribution < -0.4 is 11.1 Å². The lowest BCUT2D eigenvalue weighted by Gasteiger charge is -2.10. The number of anilines is 1. The third-order valence-electron chi connectivity index (χ3n) is 2.46. The van der Waals surface area contributed by atoms with Crippen molar-refractivity contribution in [3.05, 3.63) is 30.1 Å². The van der Waals surface area contributed by atoms with Gasteiger partial charge in [-0.25, -0.2) is 4.39 Å². The summed E-state index contributed by atoms with van der Waals surface area (Å²) < 4.78 is 14.3.